The molecule has 0 bridgehead atoms. The van der Waals surface area contributed by atoms with Gasteiger partial charge in [-0.25, -0.2) is 0 Å². The van der Waals surface area contributed by atoms with Crippen LogP contribution in [0.4, 0.5) is 0 Å². The first kappa shape index (κ1) is 13.3. The minimum absolute atomic E-state index is 0.0877. The number of hydrogen-bond acceptors (Lipinski definition) is 4. The molecule has 5 heteroatoms. The van der Waals surface area contributed by atoms with Crippen molar-refractivity contribution < 1.29 is 9.53 Å². The van der Waals surface area contributed by atoms with Crippen LogP contribution in [0.25, 0.3) is 0 Å². The van der Waals surface area contributed by atoms with E-state index in [1.165, 1.54) is 12.8 Å². The van der Waals surface area contributed by atoms with Crippen LogP contribution in [0.2, 0.25) is 0 Å². The normalized spacial score (nSPS) is 32.9. The average Bonchev–Trinajstić information content (AvgIpc) is 3.12. The number of hydrogen-bond donors (Lipinski definition) is 1. The van der Waals surface area contributed by atoms with Crippen molar-refractivity contribution in [1.82, 2.24) is 15.1 Å². The van der Waals surface area contributed by atoms with Gasteiger partial charge in [-0.1, -0.05) is 0 Å². The summed E-state index contributed by atoms with van der Waals surface area (Å²) in [6.07, 6.45) is 4.98. The van der Waals surface area contributed by atoms with Crippen LogP contribution in [0.5, 0.6) is 0 Å². The van der Waals surface area contributed by atoms with Gasteiger partial charge in [0.1, 0.15) is 0 Å². The predicted octanol–water partition coefficient (Wildman–Crippen LogP) is 0.0616. The molecule has 3 heterocycles. The van der Waals surface area contributed by atoms with Crippen molar-refractivity contribution in [2.24, 2.45) is 0 Å². The number of nitrogens with one attached hydrogen (secondary N) is 1. The molecule has 0 aromatic rings. The summed E-state index contributed by atoms with van der Waals surface area (Å²) in [4.78, 5) is 16.8. The molecule has 0 spiro atoms. The van der Waals surface area contributed by atoms with Crippen molar-refractivity contribution in [1.29, 1.82) is 0 Å². The number of nitrogens with zero attached hydrogens (tertiary/aromatic N) is 2. The van der Waals surface area contributed by atoms with Crippen LogP contribution in [-0.4, -0.2) is 73.7 Å². The Kier molecular flexibility index (Phi) is 4.35. The van der Waals surface area contributed by atoms with Gasteiger partial charge in [-0.15, -0.1) is 0 Å². The molecule has 1 amide bonds. The molecular weight excluding hydrogens is 242 g/mol. The zero-order valence-electron chi connectivity index (χ0n) is 11.6. The van der Waals surface area contributed by atoms with Crippen LogP contribution < -0.4 is 5.32 Å². The molecule has 2 atom stereocenters. The molecule has 1 N–H and O–H groups in total. The second kappa shape index (κ2) is 6.20. The van der Waals surface area contributed by atoms with E-state index in [0.717, 1.165) is 58.7 Å². The number of ether oxygens (including phenoxy) is 1. The fourth-order valence-electron chi connectivity index (χ4n) is 3.34. The average molecular weight is 267 g/mol. The number of carbonyl (C=O) groups excluding carboxylic acids is 1. The van der Waals surface area contributed by atoms with Crippen LogP contribution >= 0.6 is 0 Å². The maximum atomic E-state index is 12.3. The first-order valence-corrected chi connectivity index (χ1v) is 7.69. The topological polar surface area (TPSA) is 44.8 Å². The first-order chi connectivity index (χ1) is 9.33. The zero-order valence-corrected chi connectivity index (χ0v) is 11.6. The van der Waals surface area contributed by atoms with Crippen LogP contribution in [-0.2, 0) is 9.53 Å². The largest absolute Gasteiger partial charge is 0.377 e. The molecule has 3 aliphatic heterocycles. The smallest absolute Gasteiger partial charge is 0.239 e. The van der Waals surface area contributed by atoms with Crippen molar-refractivity contribution >= 4 is 5.91 Å². The summed E-state index contributed by atoms with van der Waals surface area (Å²) >= 11 is 0. The summed E-state index contributed by atoms with van der Waals surface area (Å²) < 4.78 is 5.68. The molecule has 1 unspecified atom stereocenters. The Morgan fingerprint density at radius 3 is 2.63 bits per heavy atom. The highest BCUT2D eigenvalue weighted by molar-refractivity contribution is 5.82. The summed E-state index contributed by atoms with van der Waals surface area (Å²) in [5.74, 6) is 0.314. The molecule has 3 fully saturated rings. The summed E-state index contributed by atoms with van der Waals surface area (Å²) in [5.41, 5.74) is 0. The highest BCUT2D eigenvalue weighted by atomic mass is 16.5. The lowest BCUT2D eigenvalue weighted by Crippen LogP contribution is -2.54. The first-order valence-electron chi connectivity index (χ1n) is 7.69. The lowest BCUT2D eigenvalue weighted by atomic mass is 10.1. The van der Waals surface area contributed by atoms with Gasteiger partial charge < -0.3 is 15.0 Å². The van der Waals surface area contributed by atoms with Crippen molar-refractivity contribution in [2.45, 2.75) is 37.8 Å². The molecule has 108 valence electrons. The highest BCUT2D eigenvalue weighted by Gasteiger charge is 2.30. The van der Waals surface area contributed by atoms with E-state index in [9.17, 15) is 4.79 Å². The highest BCUT2D eigenvalue weighted by Crippen LogP contribution is 2.15. The summed E-state index contributed by atoms with van der Waals surface area (Å²) in [5, 5.41) is 3.30. The molecule has 0 aliphatic carbocycles. The van der Waals surface area contributed by atoms with Gasteiger partial charge in [0.15, 0.2) is 0 Å². The minimum atomic E-state index is 0.0877. The summed E-state index contributed by atoms with van der Waals surface area (Å²) in [7, 11) is 0. The number of rotatable bonds is 3. The third-order valence-electron chi connectivity index (χ3n) is 4.53. The number of carbonyl (C=O) groups is 1. The van der Waals surface area contributed by atoms with Crippen molar-refractivity contribution in [3.63, 3.8) is 0 Å². The molecule has 3 saturated heterocycles. The quantitative estimate of drug-likeness (QED) is 0.785. The molecular formula is C14H25N3O2. The van der Waals surface area contributed by atoms with Crippen LogP contribution in [0.15, 0.2) is 0 Å². The lowest BCUT2D eigenvalue weighted by molar-refractivity contribution is -0.135. The molecule has 0 radical (unpaired) electrons. The minimum Gasteiger partial charge on any atom is -0.377 e. The Labute approximate surface area is 115 Å². The Balaban J connectivity index is 1.42. The Hall–Kier alpha value is -0.650. The van der Waals surface area contributed by atoms with E-state index < -0.39 is 0 Å². The monoisotopic (exact) mass is 267 g/mol. The van der Waals surface area contributed by atoms with Crippen LogP contribution in [0, 0.1) is 0 Å². The van der Waals surface area contributed by atoms with E-state index in [2.05, 4.69) is 10.2 Å². The second-order valence-electron chi connectivity index (χ2n) is 5.91. The fourth-order valence-corrected chi connectivity index (χ4v) is 3.34. The molecule has 3 aliphatic rings. The summed E-state index contributed by atoms with van der Waals surface area (Å²) in [6.45, 7) is 6.72. The van der Waals surface area contributed by atoms with E-state index in [1.807, 2.05) is 4.90 Å². The van der Waals surface area contributed by atoms with Crippen molar-refractivity contribution in [3.05, 3.63) is 0 Å². The Bertz CT molecular complexity index is 304. The van der Waals surface area contributed by atoms with Crippen molar-refractivity contribution in [2.75, 3.05) is 45.9 Å². The van der Waals surface area contributed by atoms with Crippen LogP contribution in [0.3, 0.4) is 0 Å². The summed E-state index contributed by atoms with van der Waals surface area (Å²) in [6, 6.07) is 0.0877. The van der Waals surface area contributed by atoms with Gasteiger partial charge >= 0.3 is 0 Å². The lowest BCUT2D eigenvalue weighted by Gasteiger charge is -2.36. The van der Waals surface area contributed by atoms with E-state index in [0.29, 0.717) is 12.0 Å². The van der Waals surface area contributed by atoms with Gasteiger partial charge in [0.2, 0.25) is 5.91 Å². The van der Waals surface area contributed by atoms with Gasteiger partial charge in [-0.05, 0) is 32.2 Å². The standard InChI is InChI=1S/C14H25N3O2/c18-14(13-4-1-5-15-13)17-8-6-16(7-9-17)11-12-3-2-10-19-12/h12-13,15H,1-11H2/t12?,13-/m0/s1. The van der Waals surface area contributed by atoms with Gasteiger partial charge in [-0.2, -0.15) is 0 Å². The zero-order chi connectivity index (χ0) is 13.1. The van der Waals surface area contributed by atoms with E-state index in [1.54, 1.807) is 0 Å². The fraction of sp³-hybridized carbons (Fsp3) is 0.929. The van der Waals surface area contributed by atoms with Gasteiger partial charge in [0, 0.05) is 39.3 Å². The van der Waals surface area contributed by atoms with Gasteiger partial charge in [0.25, 0.3) is 0 Å². The van der Waals surface area contributed by atoms with Crippen molar-refractivity contribution in [3.8, 4) is 0 Å². The Morgan fingerprint density at radius 1 is 1.16 bits per heavy atom. The SMILES string of the molecule is O=C([C@@H]1CCCN1)N1CCN(CC2CCCO2)CC1. The number of amides is 1. The molecule has 3 rings (SSSR count). The predicted molar refractivity (Wildman–Crippen MR) is 73.0 cm³/mol. The third kappa shape index (κ3) is 3.27. The molecule has 0 aromatic heterocycles. The maximum Gasteiger partial charge on any atom is 0.239 e. The number of piperazine rings is 1. The molecule has 0 aromatic carbocycles. The van der Waals surface area contributed by atoms with E-state index in [4.69, 9.17) is 4.74 Å². The van der Waals surface area contributed by atoms with Crippen LogP contribution in [0.1, 0.15) is 25.7 Å². The Morgan fingerprint density at radius 2 is 2.00 bits per heavy atom. The molecule has 19 heavy (non-hydrogen) atoms. The maximum absolute atomic E-state index is 12.3. The van der Waals surface area contributed by atoms with E-state index in [-0.39, 0.29) is 6.04 Å². The van der Waals surface area contributed by atoms with Gasteiger partial charge in [0.05, 0.1) is 12.1 Å². The van der Waals surface area contributed by atoms with Gasteiger partial charge in [-0.3, -0.25) is 9.69 Å². The molecule has 5 nitrogen and oxygen atoms in total. The molecule has 0 saturated carbocycles. The second-order valence-corrected chi connectivity index (χ2v) is 5.91. The van der Waals surface area contributed by atoms with E-state index >= 15 is 0 Å². The third-order valence-corrected chi connectivity index (χ3v) is 4.53.